The second-order valence-corrected chi connectivity index (χ2v) is 5.94. The molecule has 2 fully saturated rings. The smallest absolute Gasteiger partial charge is 0.129 e. The van der Waals surface area contributed by atoms with Crippen molar-refractivity contribution in [2.45, 2.75) is 19.4 Å². The molecule has 2 aliphatic rings. The predicted molar refractivity (Wildman–Crippen MR) is 69.2 cm³/mol. The van der Waals surface area contributed by atoms with Gasteiger partial charge in [0.05, 0.1) is 6.61 Å². The van der Waals surface area contributed by atoms with Gasteiger partial charge >= 0.3 is 0 Å². The Balaban J connectivity index is 1.67. The van der Waals surface area contributed by atoms with Crippen LogP contribution in [0.4, 0.5) is 4.39 Å². The van der Waals surface area contributed by atoms with Gasteiger partial charge in [-0.05, 0) is 31.5 Å². The second kappa shape index (κ2) is 4.80. The average molecular weight is 270 g/mol. The van der Waals surface area contributed by atoms with E-state index in [0.717, 1.165) is 38.3 Å². The van der Waals surface area contributed by atoms with Gasteiger partial charge in [-0.15, -0.1) is 0 Å². The fourth-order valence-electron chi connectivity index (χ4n) is 3.02. The standard InChI is InChI=1S/C14H17ClFNO/c15-12-2-1-11(13(16)7-12)8-17-5-3-14(9-17)4-6-18-10-14/h1-2,7H,3-6,8-10H2/t14-/m1/s1. The first kappa shape index (κ1) is 12.4. The van der Waals surface area contributed by atoms with Crippen LogP contribution in [-0.4, -0.2) is 31.2 Å². The lowest BCUT2D eigenvalue weighted by molar-refractivity contribution is 0.151. The van der Waals surface area contributed by atoms with E-state index in [9.17, 15) is 4.39 Å². The lowest BCUT2D eigenvalue weighted by Crippen LogP contribution is -2.27. The third-order valence-corrected chi connectivity index (χ3v) is 4.35. The van der Waals surface area contributed by atoms with Crippen LogP contribution in [0.15, 0.2) is 18.2 Å². The van der Waals surface area contributed by atoms with Gasteiger partial charge in [-0.3, -0.25) is 4.90 Å². The Labute approximate surface area is 112 Å². The Kier molecular flexibility index (Phi) is 3.31. The number of benzene rings is 1. The van der Waals surface area contributed by atoms with Crippen LogP contribution in [0.3, 0.4) is 0 Å². The van der Waals surface area contributed by atoms with E-state index in [2.05, 4.69) is 4.90 Å². The molecule has 0 N–H and O–H groups in total. The molecule has 0 amide bonds. The molecule has 2 nitrogen and oxygen atoms in total. The van der Waals surface area contributed by atoms with E-state index in [1.165, 1.54) is 12.5 Å². The summed E-state index contributed by atoms with van der Waals surface area (Å²) in [7, 11) is 0. The van der Waals surface area contributed by atoms with E-state index in [4.69, 9.17) is 16.3 Å². The molecule has 1 aromatic rings. The maximum Gasteiger partial charge on any atom is 0.129 e. The van der Waals surface area contributed by atoms with Crippen molar-refractivity contribution in [1.82, 2.24) is 4.90 Å². The maximum absolute atomic E-state index is 13.7. The Bertz CT molecular complexity index is 445. The number of hydrogen-bond donors (Lipinski definition) is 0. The van der Waals surface area contributed by atoms with Crippen molar-refractivity contribution in [3.05, 3.63) is 34.6 Å². The highest BCUT2D eigenvalue weighted by atomic mass is 35.5. The molecule has 1 atom stereocenters. The Hall–Kier alpha value is -0.640. The molecule has 4 heteroatoms. The Morgan fingerprint density at radius 2 is 2.28 bits per heavy atom. The van der Waals surface area contributed by atoms with Crippen LogP contribution in [-0.2, 0) is 11.3 Å². The fourth-order valence-corrected chi connectivity index (χ4v) is 3.18. The number of rotatable bonds is 2. The van der Waals surface area contributed by atoms with Crippen LogP contribution in [0.2, 0.25) is 5.02 Å². The summed E-state index contributed by atoms with van der Waals surface area (Å²) in [6.07, 6.45) is 2.31. The van der Waals surface area contributed by atoms with Crippen LogP contribution >= 0.6 is 11.6 Å². The number of likely N-dealkylation sites (tertiary alicyclic amines) is 1. The van der Waals surface area contributed by atoms with Crippen molar-refractivity contribution >= 4 is 11.6 Å². The van der Waals surface area contributed by atoms with E-state index in [1.807, 2.05) is 0 Å². The first-order valence-corrected chi connectivity index (χ1v) is 6.79. The number of ether oxygens (including phenoxy) is 1. The van der Waals surface area contributed by atoms with Gasteiger partial charge in [0.1, 0.15) is 5.82 Å². The lowest BCUT2D eigenvalue weighted by atomic mass is 9.87. The number of nitrogens with zero attached hydrogens (tertiary/aromatic N) is 1. The molecule has 2 aliphatic heterocycles. The maximum atomic E-state index is 13.7. The Morgan fingerprint density at radius 1 is 1.39 bits per heavy atom. The Morgan fingerprint density at radius 3 is 3.00 bits per heavy atom. The molecule has 2 heterocycles. The summed E-state index contributed by atoms with van der Waals surface area (Å²) in [6, 6.07) is 4.93. The highest BCUT2D eigenvalue weighted by molar-refractivity contribution is 6.30. The topological polar surface area (TPSA) is 12.5 Å². The summed E-state index contributed by atoms with van der Waals surface area (Å²) in [5, 5.41) is 0.457. The van der Waals surface area contributed by atoms with Gasteiger partial charge in [-0.25, -0.2) is 4.39 Å². The van der Waals surface area contributed by atoms with E-state index in [-0.39, 0.29) is 5.82 Å². The third-order valence-electron chi connectivity index (χ3n) is 4.11. The second-order valence-electron chi connectivity index (χ2n) is 5.50. The van der Waals surface area contributed by atoms with Crippen LogP contribution < -0.4 is 0 Å². The zero-order valence-electron chi connectivity index (χ0n) is 10.3. The molecule has 0 aromatic heterocycles. The van der Waals surface area contributed by atoms with E-state index in [1.54, 1.807) is 12.1 Å². The molecular formula is C14H17ClFNO. The molecule has 1 spiro atoms. The monoisotopic (exact) mass is 269 g/mol. The summed E-state index contributed by atoms with van der Waals surface area (Å²) < 4.78 is 19.2. The molecule has 3 rings (SSSR count). The van der Waals surface area contributed by atoms with Gasteiger partial charge < -0.3 is 4.74 Å². The zero-order chi connectivity index (χ0) is 12.6. The summed E-state index contributed by atoms with van der Waals surface area (Å²) in [5.74, 6) is -0.203. The SMILES string of the molecule is Fc1cc(Cl)ccc1CN1CC[C@@]2(CCOC2)C1. The van der Waals surface area contributed by atoms with Crippen molar-refractivity contribution in [2.75, 3.05) is 26.3 Å². The molecule has 98 valence electrons. The quantitative estimate of drug-likeness (QED) is 0.818. The van der Waals surface area contributed by atoms with E-state index in [0.29, 0.717) is 17.0 Å². The van der Waals surface area contributed by atoms with Gasteiger partial charge in [0.2, 0.25) is 0 Å². The van der Waals surface area contributed by atoms with E-state index >= 15 is 0 Å². The summed E-state index contributed by atoms with van der Waals surface area (Å²) >= 11 is 5.76. The molecule has 0 unspecified atom stereocenters. The lowest BCUT2D eigenvalue weighted by Gasteiger charge is -2.22. The first-order valence-electron chi connectivity index (χ1n) is 6.41. The van der Waals surface area contributed by atoms with Gasteiger partial charge in [-0.1, -0.05) is 17.7 Å². The summed E-state index contributed by atoms with van der Waals surface area (Å²) in [6.45, 7) is 4.47. The van der Waals surface area contributed by atoms with Gasteiger partial charge in [0, 0.05) is 35.7 Å². The van der Waals surface area contributed by atoms with Crippen LogP contribution in [0.25, 0.3) is 0 Å². The fraction of sp³-hybridized carbons (Fsp3) is 0.571. The average Bonchev–Trinajstić information content (AvgIpc) is 2.94. The minimum Gasteiger partial charge on any atom is -0.381 e. The highest BCUT2D eigenvalue weighted by Crippen LogP contribution is 2.38. The van der Waals surface area contributed by atoms with Crippen molar-refractivity contribution in [1.29, 1.82) is 0 Å². The van der Waals surface area contributed by atoms with Crippen molar-refractivity contribution < 1.29 is 9.13 Å². The highest BCUT2D eigenvalue weighted by Gasteiger charge is 2.41. The molecular weight excluding hydrogens is 253 g/mol. The summed E-state index contributed by atoms with van der Waals surface area (Å²) in [4.78, 5) is 2.32. The molecule has 0 bridgehead atoms. The van der Waals surface area contributed by atoms with Gasteiger partial charge in [-0.2, -0.15) is 0 Å². The molecule has 0 radical (unpaired) electrons. The van der Waals surface area contributed by atoms with E-state index < -0.39 is 0 Å². The molecule has 0 saturated carbocycles. The van der Waals surface area contributed by atoms with Crippen molar-refractivity contribution in [2.24, 2.45) is 5.41 Å². The third kappa shape index (κ3) is 2.40. The van der Waals surface area contributed by atoms with Gasteiger partial charge in [0.15, 0.2) is 0 Å². The van der Waals surface area contributed by atoms with Crippen LogP contribution in [0.1, 0.15) is 18.4 Å². The van der Waals surface area contributed by atoms with Gasteiger partial charge in [0.25, 0.3) is 0 Å². The normalized spacial score (nSPS) is 28.3. The van der Waals surface area contributed by atoms with Crippen LogP contribution in [0, 0.1) is 11.2 Å². The predicted octanol–water partition coefficient (Wildman–Crippen LogP) is 3.09. The number of halogens is 2. The molecule has 0 aliphatic carbocycles. The van der Waals surface area contributed by atoms with Crippen LogP contribution in [0.5, 0.6) is 0 Å². The number of hydrogen-bond acceptors (Lipinski definition) is 2. The largest absolute Gasteiger partial charge is 0.381 e. The zero-order valence-corrected chi connectivity index (χ0v) is 11.0. The first-order chi connectivity index (χ1) is 8.67. The molecule has 2 saturated heterocycles. The van der Waals surface area contributed by atoms with Crippen molar-refractivity contribution in [3.8, 4) is 0 Å². The van der Waals surface area contributed by atoms with Crippen molar-refractivity contribution in [3.63, 3.8) is 0 Å². The molecule has 1 aromatic carbocycles. The minimum atomic E-state index is -0.203. The minimum absolute atomic E-state index is 0.203. The summed E-state index contributed by atoms with van der Waals surface area (Å²) in [5.41, 5.74) is 1.07. The molecule has 18 heavy (non-hydrogen) atoms.